The minimum absolute atomic E-state index is 0.772. The van der Waals surface area contributed by atoms with Crippen LogP contribution in [0.2, 0.25) is 0 Å². The number of aryl methyl sites for hydroxylation is 1. The van der Waals surface area contributed by atoms with Crippen LogP contribution in [0.4, 0.5) is 5.69 Å². The number of rotatable bonds is 3. The summed E-state index contributed by atoms with van der Waals surface area (Å²) in [6, 6.07) is 10.2. The fourth-order valence-corrected chi connectivity index (χ4v) is 1.94. The van der Waals surface area contributed by atoms with E-state index < -0.39 is 0 Å². The van der Waals surface area contributed by atoms with Crippen LogP contribution in [-0.4, -0.2) is 15.2 Å². The van der Waals surface area contributed by atoms with Crippen LogP contribution in [0, 0.1) is 6.92 Å². The van der Waals surface area contributed by atoms with Crippen molar-refractivity contribution in [2.24, 2.45) is 0 Å². The van der Waals surface area contributed by atoms with E-state index >= 15 is 0 Å². The molecule has 0 saturated heterocycles. The van der Waals surface area contributed by atoms with Gasteiger partial charge in [-0.3, -0.25) is 10.1 Å². The van der Waals surface area contributed by atoms with Crippen molar-refractivity contribution in [3.63, 3.8) is 0 Å². The molecule has 1 aromatic carbocycles. The predicted molar refractivity (Wildman–Crippen MR) is 72.4 cm³/mol. The van der Waals surface area contributed by atoms with Gasteiger partial charge in [-0.05, 0) is 31.2 Å². The molecule has 4 heteroatoms. The molecule has 0 saturated carbocycles. The molecule has 3 rings (SSSR count). The van der Waals surface area contributed by atoms with Gasteiger partial charge in [-0.25, -0.2) is 0 Å². The Morgan fingerprint density at radius 1 is 1.28 bits per heavy atom. The normalized spacial score (nSPS) is 10.7. The van der Waals surface area contributed by atoms with Gasteiger partial charge in [0.1, 0.15) is 0 Å². The number of benzene rings is 1. The van der Waals surface area contributed by atoms with Crippen molar-refractivity contribution < 1.29 is 0 Å². The number of nitrogens with one attached hydrogen (secondary N) is 2. The van der Waals surface area contributed by atoms with Crippen LogP contribution in [0.15, 0.2) is 42.7 Å². The predicted octanol–water partition coefficient (Wildman–Crippen LogP) is 2.88. The van der Waals surface area contributed by atoms with Gasteiger partial charge in [0.15, 0.2) is 0 Å². The lowest BCUT2D eigenvalue weighted by atomic mass is 10.2. The third-order valence-electron chi connectivity index (χ3n) is 3.02. The summed E-state index contributed by atoms with van der Waals surface area (Å²) in [7, 11) is 0. The Morgan fingerprint density at radius 2 is 2.22 bits per heavy atom. The maximum atomic E-state index is 4.30. The molecular weight excluding hydrogens is 224 g/mol. The fraction of sp³-hybridized carbons (Fsp3) is 0.143. The van der Waals surface area contributed by atoms with Crippen LogP contribution in [0.5, 0.6) is 0 Å². The molecule has 0 radical (unpaired) electrons. The van der Waals surface area contributed by atoms with E-state index in [0.717, 1.165) is 28.8 Å². The molecule has 0 amide bonds. The Kier molecular flexibility index (Phi) is 2.68. The van der Waals surface area contributed by atoms with Crippen LogP contribution in [0.1, 0.15) is 11.3 Å². The van der Waals surface area contributed by atoms with Crippen LogP contribution >= 0.6 is 0 Å². The van der Waals surface area contributed by atoms with Gasteiger partial charge in [-0.1, -0.05) is 6.07 Å². The van der Waals surface area contributed by atoms with Gasteiger partial charge in [0.2, 0.25) is 0 Å². The number of aromatic amines is 1. The first-order chi connectivity index (χ1) is 8.83. The summed E-state index contributed by atoms with van der Waals surface area (Å²) >= 11 is 0. The Balaban J connectivity index is 1.81. The van der Waals surface area contributed by atoms with E-state index in [1.807, 2.05) is 37.5 Å². The molecule has 2 aromatic heterocycles. The number of nitrogens with zero attached hydrogens (tertiary/aromatic N) is 2. The molecule has 0 bridgehead atoms. The Hall–Kier alpha value is -2.36. The van der Waals surface area contributed by atoms with Crippen molar-refractivity contribution in [3.8, 4) is 0 Å². The zero-order chi connectivity index (χ0) is 12.4. The minimum Gasteiger partial charge on any atom is -0.381 e. The number of fused-ring (bicyclic) bond motifs is 1. The summed E-state index contributed by atoms with van der Waals surface area (Å²) in [5.41, 5.74) is 4.39. The quantitative estimate of drug-likeness (QED) is 0.737. The first-order valence-electron chi connectivity index (χ1n) is 5.90. The van der Waals surface area contributed by atoms with Crippen molar-refractivity contribution >= 4 is 16.6 Å². The van der Waals surface area contributed by atoms with Crippen molar-refractivity contribution in [1.82, 2.24) is 15.2 Å². The Morgan fingerprint density at radius 3 is 3.06 bits per heavy atom. The summed E-state index contributed by atoms with van der Waals surface area (Å²) in [6.07, 6.45) is 3.66. The van der Waals surface area contributed by atoms with Crippen molar-refractivity contribution in [3.05, 3.63) is 54.0 Å². The van der Waals surface area contributed by atoms with Crippen molar-refractivity contribution in [2.75, 3.05) is 5.32 Å². The maximum Gasteiger partial charge on any atom is 0.0703 e. The van der Waals surface area contributed by atoms with Gasteiger partial charge in [-0.15, -0.1) is 0 Å². The van der Waals surface area contributed by atoms with E-state index in [0.29, 0.717) is 0 Å². The molecule has 2 N–H and O–H groups in total. The molecule has 90 valence electrons. The highest BCUT2D eigenvalue weighted by molar-refractivity contribution is 5.82. The van der Waals surface area contributed by atoms with Gasteiger partial charge in [0.05, 0.1) is 11.7 Å². The molecule has 0 aliphatic carbocycles. The van der Waals surface area contributed by atoms with Crippen LogP contribution in [0.3, 0.4) is 0 Å². The second-order valence-electron chi connectivity index (χ2n) is 4.28. The van der Waals surface area contributed by atoms with E-state index in [1.54, 1.807) is 0 Å². The first-order valence-corrected chi connectivity index (χ1v) is 5.90. The molecule has 0 spiro atoms. The Labute approximate surface area is 105 Å². The summed E-state index contributed by atoms with van der Waals surface area (Å²) in [5.74, 6) is 0. The van der Waals surface area contributed by atoms with Crippen LogP contribution in [0.25, 0.3) is 10.9 Å². The van der Waals surface area contributed by atoms with E-state index in [1.165, 1.54) is 5.56 Å². The minimum atomic E-state index is 0.772. The largest absolute Gasteiger partial charge is 0.381 e. The molecular formula is C14H14N4. The number of pyridine rings is 1. The summed E-state index contributed by atoms with van der Waals surface area (Å²) in [6.45, 7) is 2.79. The highest BCUT2D eigenvalue weighted by Crippen LogP contribution is 2.17. The lowest BCUT2D eigenvalue weighted by Gasteiger charge is -2.06. The highest BCUT2D eigenvalue weighted by Gasteiger charge is 2.01. The fourth-order valence-electron chi connectivity index (χ4n) is 1.94. The molecule has 0 fully saturated rings. The third-order valence-corrected chi connectivity index (χ3v) is 3.02. The lowest BCUT2D eigenvalue weighted by molar-refractivity contribution is 1.04. The lowest BCUT2D eigenvalue weighted by Crippen LogP contribution is -1.99. The summed E-state index contributed by atoms with van der Waals surface area (Å²) < 4.78 is 0. The molecule has 18 heavy (non-hydrogen) atoms. The second-order valence-corrected chi connectivity index (χ2v) is 4.28. The average molecular weight is 238 g/mol. The topological polar surface area (TPSA) is 53.6 Å². The number of hydrogen-bond donors (Lipinski definition) is 2. The molecule has 0 unspecified atom stereocenters. The van der Waals surface area contributed by atoms with Gasteiger partial charge >= 0.3 is 0 Å². The molecule has 4 nitrogen and oxygen atoms in total. The van der Waals surface area contributed by atoms with Gasteiger partial charge in [0, 0.05) is 35.1 Å². The molecule has 0 aliphatic rings. The monoisotopic (exact) mass is 238 g/mol. The van der Waals surface area contributed by atoms with Gasteiger partial charge in [-0.2, -0.15) is 5.10 Å². The smallest absolute Gasteiger partial charge is 0.0703 e. The molecule has 0 aliphatic heterocycles. The van der Waals surface area contributed by atoms with E-state index in [4.69, 9.17) is 0 Å². The number of aromatic nitrogens is 3. The van der Waals surface area contributed by atoms with E-state index in [9.17, 15) is 0 Å². The average Bonchev–Trinajstić information content (AvgIpc) is 2.82. The van der Waals surface area contributed by atoms with Crippen LogP contribution in [-0.2, 0) is 6.54 Å². The maximum absolute atomic E-state index is 4.30. The standard InChI is InChI=1S/C14H14N4/c1-10-12(9-17-18-10)8-16-13-4-5-14-11(7-13)3-2-6-15-14/h2-7,9,16H,8H2,1H3,(H,17,18). The third kappa shape index (κ3) is 2.05. The number of anilines is 1. The SMILES string of the molecule is Cc1[nH]ncc1CNc1ccc2ncccc2c1. The molecule has 3 aromatic rings. The highest BCUT2D eigenvalue weighted by atomic mass is 15.1. The first kappa shape index (κ1) is 10.8. The van der Waals surface area contributed by atoms with Crippen LogP contribution < -0.4 is 5.32 Å². The Bertz CT molecular complexity index is 672. The van der Waals surface area contributed by atoms with E-state index in [2.05, 4.69) is 32.6 Å². The zero-order valence-corrected chi connectivity index (χ0v) is 10.1. The summed E-state index contributed by atoms with van der Waals surface area (Å²) in [5, 5.41) is 11.5. The molecule has 0 atom stereocenters. The second kappa shape index (κ2) is 4.49. The van der Waals surface area contributed by atoms with Gasteiger partial charge in [0.25, 0.3) is 0 Å². The van der Waals surface area contributed by atoms with Crippen molar-refractivity contribution in [1.29, 1.82) is 0 Å². The summed E-state index contributed by atoms with van der Waals surface area (Å²) in [4.78, 5) is 4.30. The van der Waals surface area contributed by atoms with E-state index in [-0.39, 0.29) is 0 Å². The molecule has 2 heterocycles. The number of hydrogen-bond acceptors (Lipinski definition) is 3. The van der Waals surface area contributed by atoms with Crippen molar-refractivity contribution in [2.45, 2.75) is 13.5 Å². The zero-order valence-electron chi connectivity index (χ0n) is 10.1. The number of H-pyrrole nitrogens is 1. The van der Waals surface area contributed by atoms with Gasteiger partial charge < -0.3 is 5.32 Å².